The summed E-state index contributed by atoms with van der Waals surface area (Å²) in [5, 5.41) is 15.1. The molecule has 0 saturated carbocycles. The van der Waals surface area contributed by atoms with E-state index in [0.29, 0.717) is 19.7 Å². The summed E-state index contributed by atoms with van der Waals surface area (Å²) >= 11 is 1.57. The molecular formula is C17H18N2O3S. The number of nitrogens with one attached hydrogen (secondary N) is 1. The number of benzene rings is 1. The summed E-state index contributed by atoms with van der Waals surface area (Å²) in [6.07, 6.45) is 1.65. The quantitative estimate of drug-likeness (QED) is 0.664. The molecule has 3 rings (SSSR count). The van der Waals surface area contributed by atoms with Crippen LogP contribution in [0.15, 0.2) is 52.5 Å². The third kappa shape index (κ3) is 4.19. The number of hydrogen-bond donors (Lipinski definition) is 2. The first-order valence-corrected chi connectivity index (χ1v) is 8.25. The topological polar surface area (TPSA) is 67.5 Å². The summed E-state index contributed by atoms with van der Waals surface area (Å²) in [6.45, 7) is 1.66. The molecular weight excluding hydrogens is 312 g/mol. The van der Waals surface area contributed by atoms with Crippen LogP contribution in [0, 0.1) is 0 Å². The summed E-state index contributed by atoms with van der Waals surface area (Å²) in [4.78, 5) is 4.55. The average Bonchev–Trinajstić information content (AvgIpc) is 3.25. The average molecular weight is 330 g/mol. The fourth-order valence-corrected chi connectivity index (χ4v) is 2.96. The molecule has 2 aromatic heterocycles. The van der Waals surface area contributed by atoms with Crippen LogP contribution < -0.4 is 10.1 Å². The summed E-state index contributed by atoms with van der Waals surface area (Å²) in [6, 6.07) is 11.6. The monoisotopic (exact) mass is 330 g/mol. The van der Waals surface area contributed by atoms with E-state index in [0.717, 1.165) is 27.8 Å². The van der Waals surface area contributed by atoms with Crippen molar-refractivity contribution in [3.8, 4) is 16.5 Å². The number of rotatable bonds is 8. The predicted octanol–water partition coefficient (Wildman–Crippen LogP) is 3.06. The Bertz CT molecular complexity index is 725. The van der Waals surface area contributed by atoms with E-state index in [2.05, 4.69) is 10.3 Å². The Hall–Kier alpha value is -2.15. The maximum Gasteiger partial charge on any atom is 0.162 e. The molecule has 1 aromatic carbocycles. The van der Waals surface area contributed by atoms with E-state index >= 15 is 0 Å². The highest BCUT2D eigenvalue weighted by Gasteiger charge is 2.07. The molecule has 0 saturated heterocycles. The van der Waals surface area contributed by atoms with Gasteiger partial charge in [-0.1, -0.05) is 18.2 Å². The number of aliphatic hydroxyl groups is 1. The highest BCUT2D eigenvalue weighted by molar-refractivity contribution is 7.13. The number of thiazole rings is 1. The lowest BCUT2D eigenvalue weighted by Gasteiger charge is -2.10. The third-order valence-electron chi connectivity index (χ3n) is 3.23. The lowest BCUT2D eigenvalue weighted by molar-refractivity contribution is 0.200. The Morgan fingerprint density at radius 2 is 2.09 bits per heavy atom. The highest BCUT2D eigenvalue weighted by Crippen LogP contribution is 2.24. The largest absolute Gasteiger partial charge is 0.491 e. The molecule has 0 radical (unpaired) electrons. The minimum absolute atomic E-state index is 0.0101. The van der Waals surface area contributed by atoms with E-state index in [-0.39, 0.29) is 6.61 Å². The number of nitrogens with zero attached hydrogens (tertiary/aromatic N) is 1. The molecule has 0 aliphatic heterocycles. The maximum absolute atomic E-state index is 8.87. The molecule has 0 amide bonds. The Morgan fingerprint density at radius 3 is 2.91 bits per heavy atom. The van der Waals surface area contributed by atoms with Crippen LogP contribution in [0.2, 0.25) is 0 Å². The van der Waals surface area contributed by atoms with Gasteiger partial charge >= 0.3 is 0 Å². The van der Waals surface area contributed by atoms with Gasteiger partial charge in [0.05, 0.1) is 18.6 Å². The van der Waals surface area contributed by atoms with Crippen molar-refractivity contribution >= 4 is 11.3 Å². The van der Waals surface area contributed by atoms with E-state index in [1.165, 1.54) is 0 Å². The molecule has 6 heteroatoms. The first kappa shape index (κ1) is 15.7. The number of hydrogen-bond acceptors (Lipinski definition) is 6. The van der Waals surface area contributed by atoms with Crippen molar-refractivity contribution in [2.75, 3.05) is 13.2 Å². The van der Waals surface area contributed by atoms with Gasteiger partial charge in [0.1, 0.15) is 12.4 Å². The first-order valence-electron chi connectivity index (χ1n) is 7.37. The van der Waals surface area contributed by atoms with Crippen LogP contribution in [0.5, 0.6) is 5.75 Å². The van der Waals surface area contributed by atoms with Crippen molar-refractivity contribution in [2.45, 2.75) is 13.1 Å². The Balaban J connectivity index is 1.56. The normalized spacial score (nSPS) is 10.8. The zero-order chi connectivity index (χ0) is 15.9. The first-order chi connectivity index (χ1) is 11.4. The van der Waals surface area contributed by atoms with Crippen LogP contribution in [0.4, 0.5) is 0 Å². The van der Waals surface area contributed by atoms with Gasteiger partial charge in [-0.05, 0) is 18.2 Å². The summed E-state index contributed by atoms with van der Waals surface area (Å²) in [5.74, 6) is 1.59. The lowest BCUT2D eigenvalue weighted by atomic mass is 10.2. The Labute approximate surface area is 138 Å². The van der Waals surface area contributed by atoms with E-state index in [4.69, 9.17) is 14.3 Å². The molecule has 23 heavy (non-hydrogen) atoms. The molecule has 120 valence electrons. The van der Waals surface area contributed by atoms with E-state index in [1.807, 2.05) is 41.8 Å². The SMILES string of the molecule is OCCOc1ccccc1CNCc1csc(-c2ccco2)n1. The molecule has 3 aromatic rings. The van der Waals surface area contributed by atoms with Crippen LogP contribution in [-0.2, 0) is 13.1 Å². The van der Waals surface area contributed by atoms with Gasteiger partial charge in [0.25, 0.3) is 0 Å². The number of aromatic nitrogens is 1. The van der Waals surface area contributed by atoms with Crippen molar-refractivity contribution < 1.29 is 14.3 Å². The van der Waals surface area contributed by atoms with Crippen molar-refractivity contribution in [2.24, 2.45) is 0 Å². The van der Waals surface area contributed by atoms with E-state index < -0.39 is 0 Å². The fourth-order valence-electron chi connectivity index (χ4n) is 2.17. The Morgan fingerprint density at radius 1 is 1.17 bits per heavy atom. The van der Waals surface area contributed by atoms with Gasteiger partial charge in [-0.3, -0.25) is 0 Å². The second-order valence-corrected chi connectivity index (χ2v) is 5.76. The van der Waals surface area contributed by atoms with Crippen molar-refractivity contribution in [3.63, 3.8) is 0 Å². The summed E-state index contributed by atoms with van der Waals surface area (Å²) in [5.41, 5.74) is 2.04. The third-order valence-corrected chi connectivity index (χ3v) is 4.13. The Kier molecular flexibility index (Phi) is 5.42. The van der Waals surface area contributed by atoms with Crippen LogP contribution in [0.1, 0.15) is 11.3 Å². The molecule has 0 fully saturated rings. The van der Waals surface area contributed by atoms with Crippen LogP contribution in [0.3, 0.4) is 0 Å². The van der Waals surface area contributed by atoms with E-state index in [9.17, 15) is 0 Å². The zero-order valence-electron chi connectivity index (χ0n) is 12.6. The molecule has 2 heterocycles. The van der Waals surface area contributed by atoms with Gasteiger partial charge in [-0.25, -0.2) is 4.98 Å². The van der Waals surface area contributed by atoms with Crippen LogP contribution in [-0.4, -0.2) is 23.3 Å². The van der Waals surface area contributed by atoms with E-state index in [1.54, 1.807) is 17.6 Å². The lowest BCUT2D eigenvalue weighted by Crippen LogP contribution is -2.14. The van der Waals surface area contributed by atoms with Gasteiger partial charge in [-0.15, -0.1) is 11.3 Å². The van der Waals surface area contributed by atoms with Crippen molar-refractivity contribution in [1.29, 1.82) is 0 Å². The number of para-hydroxylation sites is 1. The predicted molar refractivity (Wildman–Crippen MR) is 89.4 cm³/mol. The van der Waals surface area contributed by atoms with Gasteiger partial charge in [0.15, 0.2) is 10.8 Å². The molecule has 5 nitrogen and oxygen atoms in total. The molecule has 0 aliphatic carbocycles. The molecule has 0 spiro atoms. The van der Waals surface area contributed by atoms with Gasteiger partial charge in [-0.2, -0.15) is 0 Å². The van der Waals surface area contributed by atoms with Gasteiger partial charge in [0.2, 0.25) is 0 Å². The number of aliphatic hydroxyl groups excluding tert-OH is 1. The summed E-state index contributed by atoms with van der Waals surface area (Å²) in [7, 11) is 0. The smallest absolute Gasteiger partial charge is 0.162 e. The molecule has 0 aliphatic rings. The molecule has 0 atom stereocenters. The second-order valence-electron chi connectivity index (χ2n) is 4.90. The number of ether oxygens (including phenoxy) is 1. The number of furan rings is 1. The second kappa shape index (κ2) is 7.92. The fraction of sp³-hybridized carbons (Fsp3) is 0.235. The maximum atomic E-state index is 8.87. The standard InChI is InChI=1S/C17H18N2O3S/c20-7-9-22-15-5-2-1-4-13(15)10-18-11-14-12-23-17(19-14)16-6-3-8-21-16/h1-6,8,12,18,20H,7,9-11H2. The van der Waals surface area contributed by atoms with Gasteiger partial charge < -0.3 is 19.6 Å². The molecule has 0 bridgehead atoms. The van der Waals surface area contributed by atoms with Crippen LogP contribution in [0.25, 0.3) is 10.8 Å². The van der Waals surface area contributed by atoms with Crippen molar-refractivity contribution in [3.05, 3.63) is 59.3 Å². The zero-order valence-corrected chi connectivity index (χ0v) is 13.4. The highest BCUT2D eigenvalue weighted by atomic mass is 32.1. The van der Waals surface area contributed by atoms with Crippen molar-refractivity contribution in [1.82, 2.24) is 10.3 Å². The summed E-state index contributed by atoms with van der Waals surface area (Å²) < 4.78 is 10.9. The van der Waals surface area contributed by atoms with Gasteiger partial charge in [0, 0.05) is 24.0 Å². The van der Waals surface area contributed by atoms with Crippen LogP contribution >= 0.6 is 11.3 Å². The minimum atomic E-state index is 0.0101. The minimum Gasteiger partial charge on any atom is -0.491 e. The molecule has 0 unspecified atom stereocenters. The molecule has 2 N–H and O–H groups in total.